The van der Waals surface area contributed by atoms with Crippen molar-refractivity contribution in [1.29, 1.82) is 0 Å². The maximum absolute atomic E-state index is 12.8. The Morgan fingerprint density at radius 2 is 1.93 bits per heavy atom. The summed E-state index contributed by atoms with van der Waals surface area (Å²) in [7, 11) is 3.23. The summed E-state index contributed by atoms with van der Waals surface area (Å²) in [6, 6.07) is 14.5. The van der Waals surface area contributed by atoms with Crippen molar-refractivity contribution < 1.29 is 14.3 Å². The van der Waals surface area contributed by atoms with E-state index in [4.69, 9.17) is 4.74 Å². The van der Waals surface area contributed by atoms with Gasteiger partial charge in [0.25, 0.3) is 0 Å². The molecule has 0 radical (unpaired) electrons. The third-order valence-electron chi connectivity index (χ3n) is 4.00. The van der Waals surface area contributed by atoms with Crippen molar-refractivity contribution in [1.82, 2.24) is 0 Å². The number of hydrogen-bond donors (Lipinski definition) is 1. The minimum atomic E-state index is -0.526. The molecule has 8 heteroatoms. The summed E-state index contributed by atoms with van der Waals surface area (Å²) in [5.74, 6) is 0.215. The number of anilines is 2. The van der Waals surface area contributed by atoms with E-state index < -0.39 is 5.25 Å². The monoisotopic (exact) mass is 447 g/mol. The first-order chi connectivity index (χ1) is 13.0. The molecule has 0 saturated carbocycles. The normalized spacial score (nSPS) is 17.4. The van der Waals surface area contributed by atoms with E-state index in [1.165, 1.54) is 16.7 Å². The number of imide groups is 1. The number of thioether (sulfide) groups is 1. The van der Waals surface area contributed by atoms with Crippen molar-refractivity contribution in [3.63, 3.8) is 0 Å². The molecule has 1 aliphatic heterocycles. The number of benzene rings is 2. The quantitative estimate of drug-likeness (QED) is 0.436. The number of methoxy groups -OCH3 is 1. The van der Waals surface area contributed by atoms with Gasteiger partial charge in [-0.15, -0.1) is 0 Å². The fraction of sp³-hybridized carbons (Fsp3) is 0.211. The Balaban J connectivity index is 1.74. The minimum absolute atomic E-state index is 0.131. The maximum atomic E-state index is 12.8. The molecule has 2 aromatic rings. The van der Waals surface area contributed by atoms with Crippen molar-refractivity contribution in [3.8, 4) is 5.75 Å². The Bertz CT molecular complexity index is 886. The zero-order chi connectivity index (χ0) is 19.4. The Hall–Kier alpha value is -2.32. The first-order valence-electron chi connectivity index (χ1n) is 8.19. The van der Waals surface area contributed by atoms with E-state index in [0.717, 1.165) is 10.2 Å². The molecule has 1 N–H and O–H groups in total. The highest BCUT2D eigenvalue weighted by molar-refractivity contribution is 9.10. The summed E-state index contributed by atoms with van der Waals surface area (Å²) < 4.78 is 6.21. The van der Waals surface area contributed by atoms with Crippen LogP contribution < -0.4 is 15.0 Å². The van der Waals surface area contributed by atoms with E-state index in [0.29, 0.717) is 16.6 Å². The van der Waals surface area contributed by atoms with E-state index in [-0.39, 0.29) is 18.2 Å². The molecule has 2 aromatic carbocycles. The number of para-hydroxylation sites is 2. The average Bonchev–Trinajstić information content (AvgIpc) is 2.95. The van der Waals surface area contributed by atoms with Crippen LogP contribution in [-0.4, -0.2) is 36.4 Å². The van der Waals surface area contributed by atoms with Gasteiger partial charge in [-0.3, -0.25) is 14.6 Å². The van der Waals surface area contributed by atoms with E-state index in [1.807, 2.05) is 24.3 Å². The number of carbonyl (C=O) groups is 2. The number of hydrogen-bond acceptors (Lipinski definition) is 5. The molecule has 3 rings (SSSR count). The van der Waals surface area contributed by atoms with Gasteiger partial charge in [0.05, 0.1) is 18.5 Å². The smallest absolute Gasteiger partial charge is 0.247 e. The molecule has 6 nitrogen and oxygen atoms in total. The summed E-state index contributed by atoms with van der Waals surface area (Å²) in [5, 5.41) is 3.19. The molecule has 27 heavy (non-hydrogen) atoms. The minimum Gasteiger partial charge on any atom is -0.495 e. The first kappa shape index (κ1) is 19.4. The molecule has 1 aliphatic rings. The van der Waals surface area contributed by atoms with Crippen LogP contribution in [0.25, 0.3) is 0 Å². The number of nitrogens with one attached hydrogen (secondary N) is 1. The van der Waals surface area contributed by atoms with Gasteiger partial charge in [-0.1, -0.05) is 39.8 Å². The second-order valence-electron chi connectivity index (χ2n) is 5.71. The Kier molecular flexibility index (Phi) is 6.18. The van der Waals surface area contributed by atoms with E-state index >= 15 is 0 Å². The van der Waals surface area contributed by atoms with Gasteiger partial charge in [-0.2, -0.15) is 0 Å². The van der Waals surface area contributed by atoms with Crippen LogP contribution in [0.2, 0.25) is 0 Å². The number of amides is 2. The summed E-state index contributed by atoms with van der Waals surface area (Å²) >= 11 is 4.60. The molecule has 2 amide bonds. The zero-order valence-electron chi connectivity index (χ0n) is 14.8. The molecular formula is C19H18BrN3O3S. The molecule has 1 atom stereocenters. The van der Waals surface area contributed by atoms with Crippen molar-refractivity contribution in [2.75, 3.05) is 24.4 Å². The second kappa shape index (κ2) is 8.58. The zero-order valence-corrected chi connectivity index (χ0v) is 17.2. The van der Waals surface area contributed by atoms with Crippen molar-refractivity contribution >= 4 is 56.0 Å². The number of aliphatic imine (C=N–C) groups is 1. The summed E-state index contributed by atoms with van der Waals surface area (Å²) in [4.78, 5) is 30.7. The Morgan fingerprint density at radius 3 is 2.59 bits per heavy atom. The summed E-state index contributed by atoms with van der Waals surface area (Å²) in [6.07, 6.45) is 0.131. The lowest BCUT2D eigenvalue weighted by Crippen LogP contribution is -2.31. The van der Waals surface area contributed by atoms with E-state index in [1.54, 1.807) is 38.4 Å². The van der Waals surface area contributed by atoms with Crippen molar-refractivity contribution in [3.05, 3.63) is 53.0 Å². The summed E-state index contributed by atoms with van der Waals surface area (Å²) in [6.45, 7) is 0. The number of rotatable bonds is 4. The molecular weight excluding hydrogens is 430 g/mol. The van der Waals surface area contributed by atoms with Crippen LogP contribution >= 0.6 is 27.7 Å². The number of halogens is 1. The third-order valence-corrected chi connectivity index (χ3v) is 5.69. The van der Waals surface area contributed by atoms with Gasteiger partial charge in [-0.05, 0) is 36.4 Å². The van der Waals surface area contributed by atoms with Crippen LogP contribution in [0.4, 0.5) is 11.4 Å². The van der Waals surface area contributed by atoms with E-state index in [2.05, 4.69) is 26.2 Å². The van der Waals surface area contributed by atoms with Crippen LogP contribution in [0, 0.1) is 0 Å². The highest BCUT2D eigenvalue weighted by atomic mass is 79.9. The standard InChI is InChI=1S/C19H18BrN3O3S/c1-21-19(22-14-5-3-4-6-15(14)26-2)27-16-11-17(24)23(18(16)25)13-9-7-12(20)8-10-13/h3-10,16H,11H2,1-2H3,(H,21,22)/t16-/m1/s1. The predicted molar refractivity (Wildman–Crippen MR) is 113 cm³/mol. The topological polar surface area (TPSA) is 71.0 Å². The number of ether oxygens (including phenoxy) is 1. The molecule has 0 aromatic heterocycles. The van der Waals surface area contributed by atoms with Crippen LogP contribution in [0.5, 0.6) is 5.75 Å². The molecule has 0 bridgehead atoms. The van der Waals surface area contributed by atoms with Crippen LogP contribution in [-0.2, 0) is 9.59 Å². The molecule has 1 saturated heterocycles. The SMILES string of the molecule is CN=C(Nc1ccccc1OC)S[C@@H]1CC(=O)N(c2ccc(Br)cc2)C1=O. The lowest BCUT2D eigenvalue weighted by atomic mass is 10.3. The van der Waals surface area contributed by atoms with Crippen molar-refractivity contribution in [2.24, 2.45) is 4.99 Å². The maximum Gasteiger partial charge on any atom is 0.247 e. The lowest BCUT2D eigenvalue weighted by molar-refractivity contribution is -0.121. The Labute approximate surface area is 170 Å². The van der Waals surface area contributed by atoms with Gasteiger partial charge in [0.2, 0.25) is 11.8 Å². The van der Waals surface area contributed by atoms with E-state index in [9.17, 15) is 9.59 Å². The largest absolute Gasteiger partial charge is 0.495 e. The predicted octanol–water partition coefficient (Wildman–Crippen LogP) is 3.92. The number of nitrogens with zero attached hydrogens (tertiary/aromatic N) is 2. The molecule has 1 heterocycles. The van der Waals surface area contributed by atoms with Gasteiger partial charge in [0.1, 0.15) is 11.0 Å². The van der Waals surface area contributed by atoms with Gasteiger partial charge in [0.15, 0.2) is 5.17 Å². The number of carbonyl (C=O) groups excluding carboxylic acids is 2. The highest BCUT2D eigenvalue weighted by Crippen LogP contribution is 2.32. The Morgan fingerprint density at radius 1 is 1.22 bits per heavy atom. The van der Waals surface area contributed by atoms with Gasteiger partial charge in [0, 0.05) is 17.9 Å². The van der Waals surface area contributed by atoms with Crippen LogP contribution in [0.3, 0.4) is 0 Å². The molecule has 1 fully saturated rings. The van der Waals surface area contributed by atoms with Gasteiger partial charge >= 0.3 is 0 Å². The fourth-order valence-corrected chi connectivity index (χ4v) is 3.93. The third kappa shape index (κ3) is 4.33. The first-order valence-corrected chi connectivity index (χ1v) is 9.86. The second-order valence-corrected chi connectivity index (χ2v) is 7.82. The molecule has 0 spiro atoms. The lowest BCUT2D eigenvalue weighted by Gasteiger charge is -2.16. The average molecular weight is 448 g/mol. The van der Waals surface area contributed by atoms with Crippen LogP contribution in [0.15, 0.2) is 58.0 Å². The molecule has 140 valence electrons. The highest BCUT2D eigenvalue weighted by Gasteiger charge is 2.40. The van der Waals surface area contributed by atoms with Gasteiger partial charge in [-0.25, -0.2) is 4.90 Å². The molecule has 0 unspecified atom stereocenters. The fourth-order valence-electron chi connectivity index (χ4n) is 2.69. The van der Waals surface area contributed by atoms with Crippen LogP contribution in [0.1, 0.15) is 6.42 Å². The number of amidine groups is 1. The molecule has 0 aliphatic carbocycles. The van der Waals surface area contributed by atoms with Gasteiger partial charge < -0.3 is 10.1 Å². The van der Waals surface area contributed by atoms with Crippen molar-refractivity contribution in [2.45, 2.75) is 11.7 Å². The summed E-state index contributed by atoms with van der Waals surface area (Å²) in [5.41, 5.74) is 1.32.